The molecule has 0 atom stereocenters. The fourth-order valence-electron chi connectivity index (χ4n) is 2.12. The smallest absolute Gasteiger partial charge is 0.419 e. The van der Waals surface area contributed by atoms with E-state index in [-0.39, 0.29) is 5.75 Å². The largest absolute Gasteiger partial charge is 0.496 e. The van der Waals surface area contributed by atoms with E-state index in [0.717, 1.165) is 18.9 Å². The molecule has 0 amide bonds. The average Bonchev–Trinajstić information content (AvgIpc) is 2.51. The minimum absolute atomic E-state index is 0.223. The third-order valence-electron chi connectivity index (χ3n) is 3.79. The molecule has 1 rings (SSSR count). The number of alkyl halides is 3. The van der Waals surface area contributed by atoms with E-state index in [1.165, 1.54) is 19.2 Å². The van der Waals surface area contributed by atoms with Crippen LogP contribution in [-0.4, -0.2) is 33.4 Å². The van der Waals surface area contributed by atoms with Crippen molar-refractivity contribution in [1.82, 2.24) is 4.72 Å². The van der Waals surface area contributed by atoms with Gasteiger partial charge in [0.2, 0.25) is 10.0 Å². The quantitative estimate of drug-likeness (QED) is 0.619. The maximum Gasteiger partial charge on any atom is 0.419 e. The van der Waals surface area contributed by atoms with Gasteiger partial charge in [-0.15, -0.1) is 0 Å². The van der Waals surface area contributed by atoms with Gasteiger partial charge in [-0.1, -0.05) is 6.42 Å². The van der Waals surface area contributed by atoms with E-state index < -0.39 is 26.5 Å². The zero-order valence-corrected chi connectivity index (χ0v) is 16.4. The van der Waals surface area contributed by atoms with Crippen molar-refractivity contribution < 1.29 is 26.3 Å². The van der Waals surface area contributed by atoms with Crippen LogP contribution < -0.4 is 14.8 Å². The Bertz CT molecular complexity index is 683. The topological polar surface area (TPSA) is 67.4 Å². The molecule has 0 saturated heterocycles. The van der Waals surface area contributed by atoms with Crippen LogP contribution in [0.4, 0.5) is 18.9 Å². The predicted molar refractivity (Wildman–Crippen MR) is 97.0 cm³/mol. The van der Waals surface area contributed by atoms with E-state index in [2.05, 4.69) is 10.0 Å². The Morgan fingerprint density at radius 1 is 1.04 bits per heavy atom. The van der Waals surface area contributed by atoms with Crippen molar-refractivity contribution in [2.24, 2.45) is 0 Å². The Balaban J connectivity index is 2.37. The second-order valence-electron chi connectivity index (χ2n) is 6.91. The van der Waals surface area contributed by atoms with Crippen LogP contribution in [0.25, 0.3) is 0 Å². The molecule has 5 nitrogen and oxygen atoms in total. The molecule has 0 spiro atoms. The molecule has 0 aliphatic rings. The number of hydrogen-bond donors (Lipinski definition) is 2. The molecule has 150 valence electrons. The fourth-order valence-corrected chi connectivity index (χ4v) is 2.96. The molecule has 0 unspecified atom stereocenters. The van der Waals surface area contributed by atoms with Crippen LogP contribution in [0.2, 0.25) is 0 Å². The van der Waals surface area contributed by atoms with Crippen molar-refractivity contribution in [2.75, 3.05) is 25.5 Å². The summed E-state index contributed by atoms with van der Waals surface area (Å²) in [6.45, 7) is 5.85. The summed E-state index contributed by atoms with van der Waals surface area (Å²) in [5, 5.41) is 3.04. The van der Waals surface area contributed by atoms with Gasteiger partial charge in [-0.2, -0.15) is 13.2 Å². The van der Waals surface area contributed by atoms with Crippen molar-refractivity contribution in [3.63, 3.8) is 0 Å². The SMILES string of the molecule is COc1cc(NCCCCCNS(=O)(=O)C(C)(C)C)ccc1C(F)(F)F. The van der Waals surface area contributed by atoms with Gasteiger partial charge in [0.15, 0.2) is 0 Å². The Kier molecular flexibility index (Phi) is 7.76. The lowest BCUT2D eigenvalue weighted by molar-refractivity contribution is -0.138. The average molecular weight is 396 g/mol. The van der Waals surface area contributed by atoms with E-state index >= 15 is 0 Å². The Morgan fingerprint density at radius 2 is 1.65 bits per heavy atom. The second kappa shape index (κ2) is 8.94. The van der Waals surface area contributed by atoms with Crippen molar-refractivity contribution in [1.29, 1.82) is 0 Å². The summed E-state index contributed by atoms with van der Waals surface area (Å²) >= 11 is 0. The van der Waals surface area contributed by atoms with Gasteiger partial charge < -0.3 is 10.1 Å². The van der Waals surface area contributed by atoms with E-state index in [9.17, 15) is 21.6 Å². The molecule has 0 aliphatic carbocycles. The van der Waals surface area contributed by atoms with Crippen molar-refractivity contribution in [2.45, 2.75) is 51.0 Å². The highest BCUT2D eigenvalue weighted by molar-refractivity contribution is 7.90. The summed E-state index contributed by atoms with van der Waals surface area (Å²) in [4.78, 5) is 0. The minimum Gasteiger partial charge on any atom is -0.496 e. The number of hydrogen-bond acceptors (Lipinski definition) is 4. The summed E-state index contributed by atoms with van der Waals surface area (Å²) in [6, 6.07) is 3.67. The molecule has 1 aromatic carbocycles. The summed E-state index contributed by atoms with van der Waals surface area (Å²) in [5.41, 5.74) is -0.264. The van der Waals surface area contributed by atoms with Crippen molar-refractivity contribution >= 4 is 15.7 Å². The van der Waals surface area contributed by atoms with Crippen LogP contribution in [0.5, 0.6) is 5.75 Å². The van der Waals surface area contributed by atoms with Crippen molar-refractivity contribution in [3.05, 3.63) is 23.8 Å². The first kappa shape index (κ1) is 22.6. The third-order valence-corrected chi connectivity index (χ3v) is 5.98. The fraction of sp³-hybridized carbons (Fsp3) is 0.647. The lowest BCUT2D eigenvalue weighted by Gasteiger charge is -2.19. The number of methoxy groups -OCH3 is 1. The molecule has 9 heteroatoms. The standard InChI is InChI=1S/C17H27F3N2O3S/c1-16(2,3)26(23,24)22-11-7-5-6-10-21-13-8-9-14(17(18,19)20)15(12-13)25-4/h8-9,12,21-22H,5-7,10-11H2,1-4H3. The van der Waals surface area contributed by atoms with Gasteiger partial charge in [0, 0.05) is 24.8 Å². The number of ether oxygens (including phenoxy) is 1. The number of rotatable bonds is 9. The number of nitrogens with one attached hydrogen (secondary N) is 2. The third kappa shape index (κ3) is 6.68. The van der Waals surface area contributed by atoms with Gasteiger partial charge in [-0.05, 0) is 45.7 Å². The maximum atomic E-state index is 12.8. The van der Waals surface area contributed by atoms with Gasteiger partial charge in [0.25, 0.3) is 0 Å². The summed E-state index contributed by atoms with van der Waals surface area (Å²) < 4.78 is 68.7. The predicted octanol–water partition coefficient (Wildman–Crippen LogP) is 4.01. The van der Waals surface area contributed by atoms with Gasteiger partial charge in [-0.25, -0.2) is 13.1 Å². The number of anilines is 1. The van der Waals surface area contributed by atoms with Gasteiger partial charge in [0.1, 0.15) is 5.75 Å². The van der Waals surface area contributed by atoms with Crippen LogP contribution in [0.3, 0.4) is 0 Å². The Morgan fingerprint density at radius 3 is 2.19 bits per heavy atom. The lowest BCUT2D eigenvalue weighted by atomic mass is 10.1. The normalized spacial score (nSPS) is 12.9. The molecule has 1 aromatic rings. The zero-order valence-electron chi connectivity index (χ0n) is 15.5. The minimum atomic E-state index is -4.45. The first-order valence-corrected chi connectivity index (χ1v) is 9.85. The molecule has 0 bridgehead atoms. The van der Waals surface area contributed by atoms with Crippen molar-refractivity contribution in [3.8, 4) is 5.75 Å². The lowest BCUT2D eigenvalue weighted by Crippen LogP contribution is -2.39. The molecular weight excluding hydrogens is 369 g/mol. The van der Waals surface area contributed by atoms with E-state index in [0.29, 0.717) is 25.2 Å². The molecular formula is C17H27F3N2O3S. The monoisotopic (exact) mass is 396 g/mol. The zero-order chi connectivity index (χ0) is 20.0. The number of unbranched alkanes of at least 4 members (excludes halogenated alkanes) is 2. The van der Waals surface area contributed by atoms with Crippen LogP contribution in [0, 0.1) is 0 Å². The van der Waals surface area contributed by atoms with Crippen LogP contribution in [-0.2, 0) is 16.2 Å². The van der Waals surface area contributed by atoms with Gasteiger partial charge in [0.05, 0.1) is 17.4 Å². The molecule has 0 aliphatic heterocycles. The molecule has 2 N–H and O–H groups in total. The first-order valence-electron chi connectivity index (χ1n) is 8.37. The van der Waals surface area contributed by atoms with E-state index in [4.69, 9.17) is 4.74 Å². The molecule has 0 heterocycles. The molecule has 0 saturated carbocycles. The van der Waals surface area contributed by atoms with E-state index in [1.807, 2.05) is 0 Å². The van der Waals surface area contributed by atoms with Crippen LogP contribution in [0.1, 0.15) is 45.6 Å². The van der Waals surface area contributed by atoms with Gasteiger partial charge >= 0.3 is 6.18 Å². The molecule has 0 fully saturated rings. The summed E-state index contributed by atoms with van der Waals surface area (Å²) in [7, 11) is -2.13. The molecule has 0 radical (unpaired) electrons. The Hall–Kier alpha value is -1.48. The maximum absolute atomic E-state index is 12.8. The van der Waals surface area contributed by atoms with Crippen LogP contribution >= 0.6 is 0 Å². The second-order valence-corrected chi connectivity index (χ2v) is 9.43. The molecule has 26 heavy (non-hydrogen) atoms. The van der Waals surface area contributed by atoms with E-state index in [1.54, 1.807) is 20.8 Å². The first-order chi connectivity index (χ1) is 11.9. The summed E-state index contributed by atoms with van der Waals surface area (Å²) in [6.07, 6.45) is -2.21. The number of benzene rings is 1. The number of sulfonamides is 1. The highest BCUT2D eigenvalue weighted by atomic mass is 32.2. The highest BCUT2D eigenvalue weighted by Crippen LogP contribution is 2.37. The number of halogens is 3. The highest BCUT2D eigenvalue weighted by Gasteiger charge is 2.34. The summed E-state index contributed by atoms with van der Waals surface area (Å²) in [5.74, 6) is -0.223. The Labute approximate surface area is 153 Å². The van der Waals surface area contributed by atoms with Gasteiger partial charge in [-0.3, -0.25) is 0 Å². The van der Waals surface area contributed by atoms with Crippen LogP contribution in [0.15, 0.2) is 18.2 Å². The molecule has 0 aromatic heterocycles.